The van der Waals surface area contributed by atoms with Gasteiger partial charge in [0, 0.05) is 61.9 Å². The van der Waals surface area contributed by atoms with Crippen LogP contribution in [0.4, 0.5) is 0 Å². The van der Waals surface area contributed by atoms with E-state index in [9.17, 15) is 8.42 Å². The van der Waals surface area contributed by atoms with Gasteiger partial charge in [0.2, 0.25) is 15.0 Å². The predicted octanol–water partition coefficient (Wildman–Crippen LogP) is 0.963. The first-order valence-corrected chi connectivity index (χ1v) is 9.56. The van der Waals surface area contributed by atoms with Crippen LogP contribution in [0.5, 0.6) is 0 Å². The fourth-order valence-electron chi connectivity index (χ4n) is 2.87. The third kappa shape index (κ3) is 3.28. The Morgan fingerprint density at radius 1 is 1.30 bits per heavy atom. The van der Waals surface area contributed by atoms with Crippen LogP contribution in [0.1, 0.15) is 29.4 Å². The van der Waals surface area contributed by atoms with Crippen molar-refractivity contribution in [2.75, 3.05) is 12.8 Å². The van der Waals surface area contributed by atoms with Crippen molar-refractivity contribution in [2.45, 2.75) is 45.1 Å². The summed E-state index contributed by atoms with van der Waals surface area (Å²) in [5, 5.41) is 4.30. The summed E-state index contributed by atoms with van der Waals surface area (Å²) in [6.45, 7) is 7.46. The maximum atomic E-state index is 11.5. The SMILES string of the molecule is CCn1ncc(CN2CCc3nc(S(C)(=O)=O)ncc3C2)c1C. The van der Waals surface area contributed by atoms with Gasteiger partial charge in [-0.3, -0.25) is 9.58 Å². The Labute approximate surface area is 136 Å². The van der Waals surface area contributed by atoms with Gasteiger partial charge in [0.05, 0.1) is 11.9 Å². The van der Waals surface area contributed by atoms with Gasteiger partial charge in [0.1, 0.15) is 0 Å². The van der Waals surface area contributed by atoms with Gasteiger partial charge in [-0.25, -0.2) is 18.4 Å². The van der Waals surface area contributed by atoms with Crippen molar-refractivity contribution < 1.29 is 8.42 Å². The van der Waals surface area contributed by atoms with E-state index in [1.54, 1.807) is 6.20 Å². The van der Waals surface area contributed by atoms with Gasteiger partial charge in [-0.2, -0.15) is 5.10 Å². The molecule has 124 valence electrons. The zero-order valence-corrected chi connectivity index (χ0v) is 14.5. The lowest BCUT2D eigenvalue weighted by Crippen LogP contribution is -2.31. The quantitative estimate of drug-likeness (QED) is 0.774. The van der Waals surface area contributed by atoms with Crippen LogP contribution in [0, 0.1) is 6.92 Å². The molecule has 3 rings (SSSR count). The standard InChI is InChI=1S/C15H21N5O2S/c1-4-20-11(2)12(8-17-20)9-19-6-5-14-13(10-19)7-16-15(18-14)23(3,21)22/h7-8H,4-6,9-10H2,1-3H3. The molecular weight excluding hydrogens is 314 g/mol. The maximum absolute atomic E-state index is 11.5. The second-order valence-corrected chi connectivity index (χ2v) is 7.84. The smallest absolute Gasteiger partial charge is 0.246 e. The van der Waals surface area contributed by atoms with Crippen LogP contribution in [-0.4, -0.2) is 45.9 Å². The molecule has 0 saturated carbocycles. The lowest BCUT2D eigenvalue weighted by atomic mass is 10.1. The molecule has 0 atom stereocenters. The third-order valence-electron chi connectivity index (χ3n) is 4.22. The topological polar surface area (TPSA) is 81.0 Å². The van der Waals surface area contributed by atoms with E-state index in [1.165, 1.54) is 11.3 Å². The van der Waals surface area contributed by atoms with E-state index in [0.29, 0.717) is 0 Å². The third-order valence-corrected chi connectivity index (χ3v) is 5.08. The lowest BCUT2D eigenvalue weighted by molar-refractivity contribution is 0.241. The molecule has 0 radical (unpaired) electrons. The zero-order chi connectivity index (χ0) is 16.6. The average molecular weight is 335 g/mol. The molecule has 0 fully saturated rings. The van der Waals surface area contributed by atoms with Crippen LogP contribution in [0.25, 0.3) is 0 Å². The fourth-order valence-corrected chi connectivity index (χ4v) is 3.39. The Bertz CT molecular complexity index is 828. The van der Waals surface area contributed by atoms with Gasteiger partial charge >= 0.3 is 0 Å². The van der Waals surface area contributed by atoms with Crippen molar-refractivity contribution in [3.63, 3.8) is 0 Å². The van der Waals surface area contributed by atoms with E-state index < -0.39 is 9.84 Å². The number of rotatable bonds is 4. The van der Waals surface area contributed by atoms with Crippen LogP contribution in [-0.2, 0) is 35.9 Å². The predicted molar refractivity (Wildman–Crippen MR) is 85.6 cm³/mol. The van der Waals surface area contributed by atoms with Crippen LogP contribution >= 0.6 is 0 Å². The fraction of sp³-hybridized carbons (Fsp3) is 0.533. The first kappa shape index (κ1) is 16.1. The van der Waals surface area contributed by atoms with Crippen molar-refractivity contribution in [3.8, 4) is 0 Å². The number of hydrogen-bond acceptors (Lipinski definition) is 6. The number of hydrogen-bond donors (Lipinski definition) is 0. The highest BCUT2D eigenvalue weighted by Crippen LogP contribution is 2.20. The van der Waals surface area contributed by atoms with Crippen molar-refractivity contribution in [2.24, 2.45) is 0 Å². The highest BCUT2D eigenvalue weighted by molar-refractivity contribution is 7.90. The normalized spacial score (nSPS) is 15.6. The summed E-state index contributed by atoms with van der Waals surface area (Å²) in [6, 6.07) is 0. The molecule has 0 bridgehead atoms. The van der Waals surface area contributed by atoms with Crippen LogP contribution in [0.2, 0.25) is 0 Å². The number of aromatic nitrogens is 4. The summed E-state index contributed by atoms with van der Waals surface area (Å²) in [5.41, 5.74) is 4.27. The molecule has 0 N–H and O–H groups in total. The molecule has 3 heterocycles. The molecule has 8 heteroatoms. The van der Waals surface area contributed by atoms with Crippen LogP contribution < -0.4 is 0 Å². The molecule has 0 spiro atoms. The van der Waals surface area contributed by atoms with Gasteiger partial charge in [-0.1, -0.05) is 0 Å². The maximum Gasteiger partial charge on any atom is 0.246 e. The summed E-state index contributed by atoms with van der Waals surface area (Å²) < 4.78 is 25.1. The molecule has 2 aromatic heterocycles. The monoisotopic (exact) mass is 335 g/mol. The van der Waals surface area contributed by atoms with Crippen molar-refractivity contribution in [3.05, 3.63) is 34.9 Å². The highest BCUT2D eigenvalue weighted by Gasteiger charge is 2.22. The second-order valence-electron chi connectivity index (χ2n) is 5.93. The molecule has 0 aromatic carbocycles. The van der Waals surface area contributed by atoms with Crippen LogP contribution in [0.3, 0.4) is 0 Å². The molecule has 7 nitrogen and oxygen atoms in total. The van der Waals surface area contributed by atoms with Gasteiger partial charge in [0.15, 0.2) is 0 Å². The molecule has 23 heavy (non-hydrogen) atoms. The van der Waals surface area contributed by atoms with Crippen molar-refractivity contribution in [1.29, 1.82) is 0 Å². The summed E-state index contributed by atoms with van der Waals surface area (Å²) in [4.78, 5) is 10.5. The molecule has 1 aliphatic heterocycles. The first-order valence-electron chi connectivity index (χ1n) is 7.67. The number of fused-ring (bicyclic) bond motifs is 1. The molecule has 1 aliphatic rings. The summed E-state index contributed by atoms with van der Waals surface area (Å²) >= 11 is 0. The molecule has 0 unspecified atom stereocenters. The molecule has 0 amide bonds. The highest BCUT2D eigenvalue weighted by atomic mass is 32.2. The Balaban J connectivity index is 1.77. The van der Waals surface area contributed by atoms with Crippen LogP contribution in [0.15, 0.2) is 17.6 Å². The van der Waals surface area contributed by atoms with E-state index in [0.717, 1.165) is 50.1 Å². The lowest BCUT2D eigenvalue weighted by Gasteiger charge is -2.27. The van der Waals surface area contributed by atoms with E-state index >= 15 is 0 Å². The van der Waals surface area contributed by atoms with E-state index in [4.69, 9.17) is 0 Å². The van der Waals surface area contributed by atoms with Crippen molar-refractivity contribution >= 4 is 9.84 Å². The first-order chi connectivity index (χ1) is 10.9. The Morgan fingerprint density at radius 2 is 2.09 bits per heavy atom. The minimum Gasteiger partial charge on any atom is -0.294 e. The van der Waals surface area contributed by atoms with Gasteiger partial charge in [0.25, 0.3) is 0 Å². The summed E-state index contributed by atoms with van der Waals surface area (Å²) in [5.74, 6) is 0. The Hall–Kier alpha value is -1.80. The zero-order valence-electron chi connectivity index (χ0n) is 13.7. The van der Waals surface area contributed by atoms with Gasteiger partial charge in [-0.15, -0.1) is 0 Å². The minimum atomic E-state index is -3.35. The van der Waals surface area contributed by atoms with E-state index in [1.807, 2.05) is 10.9 Å². The average Bonchev–Trinajstić information content (AvgIpc) is 2.86. The molecule has 2 aromatic rings. The summed E-state index contributed by atoms with van der Waals surface area (Å²) in [6.07, 6.45) is 5.45. The Morgan fingerprint density at radius 3 is 2.74 bits per heavy atom. The Kier molecular flexibility index (Phi) is 4.20. The largest absolute Gasteiger partial charge is 0.294 e. The molecular formula is C15H21N5O2S. The molecule has 0 aliphatic carbocycles. The molecule has 0 saturated heterocycles. The second kappa shape index (κ2) is 6.01. The number of sulfone groups is 1. The van der Waals surface area contributed by atoms with Gasteiger partial charge in [-0.05, 0) is 13.8 Å². The van der Waals surface area contributed by atoms with E-state index in [2.05, 4.69) is 33.8 Å². The van der Waals surface area contributed by atoms with E-state index in [-0.39, 0.29) is 5.16 Å². The minimum absolute atomic E-state index is 0.0789. The van der Waals surface area contributed by atoms with Gasteiger partial charge < -0.3 is 0 Å². The summed E-state index contributed by atoms with van der Waals surface area (Å²) in [7, 11) is -3.35. The number of aryl methyl sites for hydroxylation is 1. The van der Waals surface area contributed by atoms with Crippen molar-refractivity contribution in [1.82, 2.24) is 24.6 Å². The number of nitrogens with zero attached hydrogens (tertiary/aromatic N) is 5.